The number of aliphatic hydroxyl groups excluding tert-OH is 1. The molecule has 0 aliphatic heterocycles. The van der Waals surface area contributed by atoms with Gasteiger partial charge in [-0.25, -0.2) is 0 Å². The van der Waals surface area contributed by atoms with E-state index in [0.29, 0.717) is 0 Å². The molecule has 0 saturated carbocycles. The number of hydrogen-bond donors (Lipinski definition) is 2. The molecule has 3 atom stereocenters. The van der Waals surface area contributed by atoms with Crippen molar-refractivity contribution < 1.29 is 5.11 Å². The summed E-state index contributed by atoms with van der Waals surface area (Å²) in [4.78, 5) is 0. The Balaban J connectivity index is 2.73. The Morgan fingerprint density at radius 2 is 1.85 bits per heavy atom. The topological polar surface area (TPSA) is 46.2 Å². The van der Waals surface area contributed by atoms with Crippen molar-refractivity contribution in [2.75, 3.05) is 0 Å². The lowest BCUT2D eigenvalue weighted by molar-refractivity contribution is 0.161. The van der Waals surface area contributed by atoms with Crippen LogP contribution in [0.4, 0.5) is 0 Å². The number of alkyl halides is 1. The van der Waals surface area contributed by atoms with Gasteiger partial charge in [0.2, 0.25) is 0 Å². The van der Waals surface area contributed by atoms with Crippen LogP contribution in [0.2, 0.25) is 0 Å². The van der Waals surface area contributed by atoms with Crippen molar-refractivity contribution in [2.24, 2.45) is 5.73 Å². The molecule has 0 fully saturated rings. The van der Waals surface area contributed by atoms with E-state index in [9.17, 15) is 5.11 Å². The van der Waals surface area contributed by atoms with Gasteiger partial charge in [-0.2, -0.15) is 0 Å². The highest BCUT2D eigenvalue weighted by atomic mass is 35.5. The summed E-state index contributed by atoms with van der Waals surface area (Å²) in [6, 6.07) is 9.10. The molecule has 0 amide bonds. The van der Waals surface area contributed by atoms with Gasteiger partial charge in [-0.3, -0.25) is 0 Å². The molecular weight excluding hydrogens is 186 g/mol. The first-order valence-electron chi connectivity index (χ1n) is 4.25. The summed E-state index contributed by atoms with van der Waals surface area (Å²) < 4.78 is 0. The fraction of sp³-hybridized carbons (Fsp3) is 0.400. The molecule has 1 unspecified atom stereocenters. The molecule has 0 spiro atoms. The van der Waals surface area contributed by atoms with Crippen LogP contribution in [0.3, 0.4) is 0 Å². The quantitative estimate of drug-likeness (QED) is 0.728. The number of aliphatic hydroxyl groups is 1. The van der Waals surface area contributed by atoms with Gasteiger partial charge < -0.3 is 10.8 Å². The number of hydrogen-bond acceptors (Lipinski definition) is 2. The highest BCUT2D eigenvalue weighted by Gasteiger charge is 2.20. The van der Waals surface area contributed by atoms with Crippen molar-refractivity contribution >= 4 is 11.6 Å². The second kappa shape index (κ2) is 4.61. The lowest BCUT2D eigenvalue weighted by Gasteiger charge is -2.20. The van der Waals surface area contributed by atoms with Gasteiger partial charge in [0.25, 0.3) is 0 Å². The van der Waals surface area contributed by atoms with E-state index < -0.39 is 12.1 Å². The predicted octanol–water partition coefficient (Wildman–Crippen LogP) is 1.67. The van der Waals surface area contributed by atoms with E-state index in [2.05, 4.69) is 0 Å². The van der Waals surface area contributed by atoms with Gasteiger partial charge in [-0.1, -0.05) is 30.3 Å². The maximum atomic E-state index is 9.24. The second-order valence-corrected chi connectivity index (χ2v) is 3.60. The molecule has 1 rings (SSSR count). The van der Waals surface area contributed by atoms with Crippen molar-refractivity contribution in [3.63, 3.8) is 0 Å². The number of benzene rings is 1. The fourth-order valence-corrected chi connectivity index (χ4v) is 1.46. The lowest BCUT2D eigenvalue weighted by Crippen LogP contribution is -2.36. The van der Waals surface area contributed by atoms with Crippen LogP contribution in [0.25, 0.3) is 0 Å². The van der Waals surface area contributed by atoms with Crippen molar-refractivity contribution in [3.05, 3.63) is 35.9 Å². The van der Waals surface area contributed by atoms with Crippen molar-refractivity contribution in [1.82, 2.24) is 0 Å². The SMILES string of the molecule is C[C@H](O)[C@H](N)C(Cl)c1ccccc1. The summed E-state index contributed by atoms with van der Waals surface area (Å²) in [7, 11) is 0. The molecule has 72 valence electrons. The molecule has 3 heteroatoms. The van der Waals surface area contributed by atoms with E-state index in [4.69, 9.17) is 17.3 Å². The number of rotatable bonds is 3. The molecule has 0 radical (unpaired) electrons. The Labute approximate surface area is 83.3 Å². The molecule has 0 saturated heterocycles. The zero-order valence-electron chi connectivity index (χ0n) is 7.52. The summed E-state index contributed by atoms with van der Waals surface area (Å²) in [5, 5.41) is 8.91. The van der Waals surface area contributed by atoms with Gasteiger partial charge in [0, 0.05) is 0 Å². The van der Waals surface area contributed by atoms with Gasteiger partial charge in [0.05, 0.1) is 17.5 Å². The third-order valence-electron chi connectivity index (χ3n) is 2.01. The van der Waals surface area contributed by atoms with Gasteiger partial charge in [-0.05, 0) is 12.5 Å². The molecule has 13 heavy (non-hydrogen) atoms. The van der Waals surface area contributed by atoms with E-state index >= 15 is 0 Å². The molecule has 0 aliphatic rings. The smallest absolute Gasteiger partial charge is 0.0761 e. The molecular formula is C10H14ClNO. The molecule has 0 aromatic heterocycles. The summed E-state index contributed by atoms with van der Waals surface area (Å²) in [5.74, 6) is 0. The largest absolute Gasteiger partial charge is 0.392 e. The second-order valence-electron chi connectivity index (χ2n) is 3.13. The van der Waals surface area contributed by atoms with Gasteiger partial charge in [0.1, 0.15) is 0 Å². The average molecular weight is 200 g/mol. The molecule has 1 aromatic rings. The summed E-state index contributed by atoms with van der Waals surface area (Å²) in [6.07, 6.45) is -0.595. The zero-order valence-corrected chi connectivity index (χ0v) is 8.28. The van der Waals surface area contributed by atoms with E-state index in [1.807, 2.05) is 30.3 Å². The van der Waals surface area contributed by atoms with Crippen LogP contribution in [0, 0.1) is 0 Å². The first-order valence-corrected chi connectivity index (χ1v) is 4.69. The van der Waals surface area contributed by atoms with Crippen LogP contribution in [0.15, 0.2) is 30.3 Å². The van der Waals surface area contributed by atoms with Crippen molar-refractivity contribution in [3.8, 4) is 0 Å². The normalized spacial score (nSPS) is 17.8. The van der Waals surface area contributed by atoms with Crippen molar-refractivity contribution in [2.45, 2.75) is 24.4 Å². The Bertz CT molecular complexity index is 250. The number of nitrogens with two attached hydrogens (primary N) is 1. The standard InChI is InChI=1S/C10H14ClNO/c1-7(13)10(12)9(11)8-5-3-2-4-6-8/h2-7,9-10,13H,12H2,1H3/t7-,9?,10-/m0/s1. The maximum Gasteiger partial charge on any atom is 0.0761 e. The molecule has 3 N–H and O–H groups in total. The Kier molecular flexibility index (Phi) is 3.72. The van der Waals surface area contributed by atoms with Crippen LogP contribution in [0.1, 0.15) is 17.9 Å². The van der Waals surface area contributed by atoms with Crippen LogP contribution < -0.4 is 5.73 Å². The van der Waals surface area contributed by atoms with Gasteiger partial charge >= 0.3 is 0 Å². The minimum Gasteiger partial charge on any atom is -0.392 e. The molecule has 0 aliphatic carbocycles. The minimum absolute atomic E-state index is 0.332. The van der Waals surface area contributed by atoms with Crippen LogP contribution >= 0.6 is 11.6 Å². The maximum absolute atomic E-state index is 9.24. The van der Waals surface area contributed by atoms with Crippen LogP contribution in [-0.4, -0.2) is 17.3 Å². The Morgan fingerprint density at radius 3 is 2.31 bits per heavy atom. The lowest BCUT2D eigenvalue weighted by atomic mass is 10.0. The Hall–Kier alpha value is -0.570. The van der Waals surface area contributed by atoms with Crippen molar-refractivity contribution in [1.29, 1.82) is 0 Å². The third kappa shape index (κ3) is 2.69. The monoisotopic (exact) mass is 199 g/mol. The number of halogens is 1. The molecule has 0 heterocycles. The van der Waals surface area contributed by atoms with Crippen LogP contribution in [-0.2, 0) is 0 Å². The van der Waals surface area contributed by atoms with E-state index in [1.165, 1.54) is 0 Å². The molecule has 0 bridgehead atoms. The highest BCUT2D eigenvalue weighted by molar-refractivity contribution is 6.21. The molecule has 2 nitrogen and oxygen atoms in total. The minimum atomic E-state index is -0.595. The van der Waals surface area contributed by atoms with Crippen LogP contribution in [0.5, 0.6) is 0 Å². The average Bonchev–Trinajstić information content (AvgIpc) is 2.17. The predicted molar refractivity (Wildman–Crippen MR) is 54.7 cm³/mol. The summed E-state index contributed by atoms with van der Waals surface area (Å²) in [6.45, 7) is 1.64. The van der Waals surface area contributed by atoms with E-state index in [1.54, 1.807) is 6.92 Å². The van der Waals surface area contributed by atoms with Gasteiger partial charge in [0.15, 0.2) is 0 Å². The van der Waals surface area contributed by atoms with E-state index in [0.717, 1.165) is 5.56 Å². The Morgan fingerprint density at radius 1 is 1.31 bits per heavy atom. The summed E-state index contributed by atoms with van der Waals surface area (Å²) >= 11 is 6.07. The third-order valence-corrected chi connectivity index (χ3v) is 2.56. The first kappa shape index (κ1) is 10.5. The van der Waals surface area contributed by atoms with E-state index in [-0.39, 0.29) is 5.38 Å². The van der Waals surface area contributed by atoms with Gasteiger partial charge in [-0.15, -0.1) is 11.6 Å². The first-order chi connectivity index (χ1) is 6.13. The summed E-state index contributed by atoms with van der Waals surface area (Å²) in [5.41, 5.74) is 6.65. The highest BCUT2D eigenvalue weighted by Crippen LogP contribution is 2.24. The molecule has 1 aromatic carbocycles. The zero-order chi connectivity index (χ0) is 9.84. The fourth-order valence-electron chi connectivity index (χ4n) is 1.10.